The maximum absolute atomic E-state index is 12.4. The smallest absolute Gasteiger partial charge is 0.457 e. The Morgan fingerprint density at radius 2 is 1.29 bits per heavy atom. The molecular formula is C33H64NO7P. The van der Waals surface area contributed by atoms with E-state index in [-0.39, 0.29) is 32.3 Å². The van der Waals surface area contributed by atoms with Crippen LogP contribution in [-0.2, 0) is 27.9 Å². The maximum Gasteiger partial charge on any atom is 0.472 e. The number of phosphoric acid groups is 1. The Morgan fingerprint density at radius 3 is 1.93 bits per heavy atom. The summed E-state index contributed by atoms with van der Waals surface area (Å²) in [4.78, 5) is 22.2. The molecule has 9 heteroatoms. The number of phosphoric ester groups is 1. The summed E-state index contributed by atoms with van der Waals surface area (Å²) in [5, 5.41) is 0. The Bertz CT molecular complexity index is 702. The predicted molar refractivity (Wildman–Crippen MR) is 173 cm³/mol. The van der Waals surface area contributed by atoms with Gasteiger partial charge in [0.05, 0.1) is 19.8 Å². The molecule has 0 spiro atoms. The van der Waals surface area contributed by atoms with Gasteiger partial charge in [0.25, 0.3) is 0 Å². The van der Waals surface area contributed by atoms with Gasteiger partial charge in [-0.3, -0.25) is 13.8 Å². The molecule has 0 bridgehead atoms. The molecule has 0 aromatic rings. The maximum atomic E-state index is 12.4. The lowest BCUT2D eigenvalue weighted by Gasteiger charge is -2.20. The van der Waals surface area contributed by atoms with Crippen LogP contribution in [0.25, 0.3) is 0 Å². The van der Waals surface area contributed by atoms with Gasteiger partial charge in [-0.25, -0.2) is 4.57 Å². The van der Waals surface area contributed by atoms with Crippen LogP contribution in [0.15, 0.2) is 24.3 Å². The van der Waals surface area contributed by atoms with Crippen LogP contribution >= 0.6 is 7.82 Å². The third-order valence-corrected chi connectivity index (χ3v) is 7.86. The van der Waals surface area contributed by atoms with Gasteiger partial charge in [-0.15, -0.1) is 0 Å². The minimum Gasteiger partial charge on any atom is -0.457 e. The van der Waals surface area contributed by atoms with Crippen LogP contribution in [0.3, 0.4) is 0 Å². The molecule has 8 nitrogen and oxygen atoms in total. The molecule has 2 atom stereocenters. The third kappa shape index (κ3) is 30.4. The molecule has 0 heterocycles. The fourth-order valence-corrected chi connectivity index (χ4v) is 5.13. The van der Waals surface area contributed by atoms with Gasteiger partial charge < -0.3 is 20.1 Å². The normalized spacial score (nSPS) is 14.1. The number of esters is 1. The van der Waals surface area contributed by atoms with Gasteiger partial charge in [0.2, 0.25) is 0 Å². The molecule has 3 N–H and O–H groups in total. The second kappa shape index (κ2) is 31.4. The average Bonchev–Trinajstić information content (AvgIpc) is 2.97. The Morgan fingerprint density at radius 1 is 0.714 bits per heavy atom. The van der Waals surface area contributed by atoms with E-state index in [1.165, 1.54) is 64.2 Å². The highest BCUT2D eigenvalue weighted by molar-refractivity contribution is 7.47. The molecule has 0 amide bonds. The van der Waals surface area contributed by atoms with E-state index in [0.717, 1.165) is 57.8 Å². The minimum absolute atomic E-state index is 0.0971. The number of rotatable bonds is 32. The first kappa shape index (κ1) is 41.0. The molecule has 248 valence electrons. The summed E-state index contributed by atoms with van der Waals surface area (Å²) in [6.45, 7) is 4.83. The van der Waals surface area contributed by atoms with Crippen LogP contribution in [-0.4, -0.2) is 49.9 Å². The number of nitrogens with two attached hydrogens (primary N) is 1. The molecule has 0 fully saturated rings. The number of allylic oxidation sites excluding steroid dienone is 4. The minimum atomic E-state index is -4.26. The fraction of sp³-hybridized carbons (Fsp3) is 0.848. The molecule has 42 heavy (non-hydrogen) atoms. The zero-order chi connectivity index (χ0) is 31.0. The van der Waals surface area contributed by atoms with Gasteiger partial charge in [-0.2, -0.15) is 0 Å². The van der Waals surface area contributed by atoms with Crippen molar-refractivity contribution in [2.45, 2.75) is 148 Å². The predicted octanol–water partition coefficient (Wildman–Crippen LogP) is 8.96. The monoisotopic (exact) mass is 617 g/mol. The summed E-state index contributed by atoms with van der Waals surface area (Å²) in [7, 11) is -4.26. The Kier molecular flexibility index (Phi) is 30.6. The largest absolute Gasteiger partial charge is 0.472 e. The van der Waals surface area contributed by atoms with Gasteiger partial charge in [0, 0.05) is 19.6 Å². The van der Waals surface area contributed by atoms with Crippen molar-refractivity contribution in [1.82, 2.24) is 0 Å². The molecule has 0 aliphatic rings. The molecule has 0 aromatic carbocycles. The standard InChI is InChI=1S/C33H64NO7P/c1-3-5-7-9-11-13-14-15-16-17-18-20-22-24-26-33(35)41-32(31-40-42(36,37)39-29-27-34)30-38-28-25-23-21-19-12-10-8-6-4-2/h9,11,14-15,32H,3-8,10,12-13,16-31,34H2,1-2H3,(H,36,37)/b11-9-,15-14-. The van der Waals surface area contributed by atoms with E-state index in [9.17, 15) is 14.3 Å². The van der Waals surface area contributed by atoms with E-state index in [1.54, 1.807) is 0 Å². The van der Waals surface area contributed by atoms with Crippen molar-refractivity contribution in [1.29, 1.82) is 0 Å². The first-order valence-corrected chi connectivity index (χ1v) is 18.3. The third-order valence-electron chi connectivity index (χ3n) is 6.87. The Balaban J connectivity index is 4.16. The van der Waals surface area contributed by atoms with Crippen molar-refractivity contribution < 1.29 is 32.8 Å². The van der Waals surface area contributed by atoms with E-state index in [2.05, 4.69) is 38.2 Å². The summed E-state index contributed by atoms with van der Waals surface area (Å²) in [5.41, 5.74) is 5.33. The summed E-state index contributed by atoms with van der Waals surface area (Å²) in [6.07, 6.45) is 30.4. The van der Waals surface area contributed by atoms with Gasteiger partial charge in [-0.1, -0.05) is 122 Å². The lowest BCUT2D eigenvalue weighted by Crippen LogP contribution is -2.28. The van der Waals surface area contributed by atoms with Crippen LogP contribution < -0.4 is 5.73 Å². The molecule has 2 unspecified atom stereocenters. The van der Waals surface area contributed by atoms with Crippen molar-refractivity contribution in [2.24, 2.45) is 5.73 Å². The van der Waals surface area contributed by atoms with Crippen LogP contribution in [0, 0.1) is 0 Å². The molecule has 0 aliphatic carbocycles. The van der Waals surface area contributed by atoms with Crippen LogP contribution in [0.4, 0.5) is 0 Å². The molecular weight excluding hydrogens is 553 g/mol. The highest BCUT2D eigenvalue weighted by atomic mass is 31.2. The Hall–Kier alpha value is -1.02. The molecule has 0 aliphatic heterocycles. The highest BCUT2D eigenvalue weighted by Gasteiger charge is 2.25. The highest BCUT2D eigenvalue weighted by Crippen LogP contribution is 2.43. The first-order chi connectivity index (χ1) is 20.4. The van der Waals surface area contributed by atoms with Crippen molar-refractivity contribution in [3.05, 3.63) is 24.3 Å². The van der Waals surface area contributed by atoms with Crippen molar-refractivity contribution >= 4 is 13.8 Å². The molecule has 0 saturated heterocycles. The van der Waals surface area contributed by atoms with Crippen molar-refractivity contribution in [3.8, 4) is 0 Å². The molecule has 0 aromatic heterocycles. The van der Waals surface area contributed by atoms with E-state index in [1.807, 2.05) is 0 Å². The second-order valence-electron chi connectivity index (χ2n) is 11.0. The van der Waals surface area contributed by atoms with Crippen LogP contribution in [0.5, 0.6) is 0 Å². The average molecular weight is 618 g/mol. The molecule has 0 saturated carbocycles. The molecule has 0 rings (SSSR count). The van der Waals surface area contributed by atoms with Crippen molar-refractivity contribution in [2.75, 3.05) is 33.0 Å². The van der Waals surface area contributed by atoms with E-state index in [0.29, 0.717) is 13.0 Å². The summed E-state index contributed by atoms with van der Waals surface area (Å²) >= 11 is 0. The summed E-state index contributed by atoms with van der Waals surface area (Å²) in [6, 6.07) is 0. The zero-order valence-electron chi connectivity index (χ0n) is 27.0. The fourth-order valence-electron chi connectivity index (χ4n) is 4.36. The topological polar surface area (TPSA) is 117 Å². The van der Waals surface area contributed by atoms with Crippen molar-refractivity contribution in [3.63, 3.8) is 0 Å². The van der Waals surface area contributed by atoms with Gasteiger partial charge in [0.15, 0.2) is 0 Å². The number of carbonyl (C=O) groups is 1. The SMILES string of the molecule is CCCC/C=C\C/C=C\CCCCCCCC(=O)OC(COCCCCCCCCCCC)COP(=O)(O)OCCN. The number of ether oxygens (including phenoxy) is 2. The summed E-state index contributed by atoms with van der Waals surface area (Å²) < 4.78 is 33.1. The van der Waals surface area contributed by atoms with Gasteiger partial charge in [-0.05, 0) is 38.5 Å². The zero-order valence-corrected chi connectivity index (χ0v) is 27.9. The lowest BCUT2D eigenvalue weighted by atomic mass is 10.1. The van der Waals surface area contributed by atoms with Gasteiger partial charge in [0.1, 0.15) is 6.10 Å². The Labute approximate surface area is 257 Å². The summed E-state index contributed by atoms with van der Waals surface area (Å²) in [5.74, 6) is -0.346. The number of hydrogen-bond donors (Lipinski definition) is 2. The first-order valence-electron chi connectivity index (χ1n) is 16.8. The second-order valence-corrected chi connectivity index (χ2v) is 12.5. The van der Waals surface area contributed by atoms with Crippen LogP contribution in [0.1, 0.15) is 142 Å². The van der Waals surface area contributed by atoms with E-state index in [4.69, 9.17) is 24.3 Å². The van der Waals surface area contributed by atoms with Crippen LogP contribution in [0.2, 0.25) is 0 Å². The van der Waals surface area contributed by atoms with E-state index < -0.39 is 13.9 Å². The number of unbranched alkanes of at least 4 members (excludes halogenated alkanes) is 15. The van der Waals surface area contributed by atoms with E-state index >= 15 is 0 Å². The molecule has 0 radical (unpaired) electrons. The lowest BCUT2D eigenvalue weighted by molar-refractivity contribution is -0.154. The number of carbonyl (C=O) groups excluding carboxylic acids is 1. The van der Waals surface area contributed by atoms with Gasteiger partial charge >= 0.3 is 13.8 Å². The number of hydrogen-bond acceptors (Lipinski definition) is 7. The quantitative estimate of drug-likeness (QED) is 0.0332.